The minimum absolute atomic E-state index is 0.0596. The molecule has 0 radical (unpaired) electrons. The molecule has 3 aromatic rings. The smallest absolute Gasteiger partial charge is 0.416 e. The number of amides is 1. The summed E-state index contributed by atoms with van der Waals surface area (Å²) >= 11 is 1.13. The van der Waals surface area contributed by atoms with Gasteiger partial charge in [0.15, 0.2) is 28.6 Å². The van der Waals surface area contributed by atoms with Gasteiger partial charge in [0.1, 0.15) is 0 Å². The molecule has 2 aromatic carbocycles. The van der Waals surface area contributed by atoms with Crippen LogP contribution in [0.3, 0.4) is 0 Å². The van der Waals surface area contributed by atoms with Crippen LogP contribution < -0.4 is 14.8 Å². The molecule has 1 heterocycles. The van der Waals surface area contributed by atoms with E-state index in [4.69, 9.17) is 9.47 Å². The van der Waals surface area contributed by atoms with Gasteiger partial charge in [-0.15, -0.1) is 16.8 Å². The zero-order valence-electron chi connectivity index (χ0n) is 19.4. The van der Waals surface area contributed by atoms with Crippen LogP contribution in [0.15, 0.2) is 66.3 Å². The summed E-state index contributed by atoms with van der Waals surface area (Å²) in [7, 11) is 1.55. The summed E-state index contributed by atoms with van der Waals surface area (Å²) in [5.41, 5.74) is -0.778. The maximum Gasteiger partial charge on any atom is 0.416 e. The summed E-state index contributed by atoms with van der Waals surface area (Å²) in [5, 5.41) is 10.7. The Labute approximate surface area is 205 Å². The van der Waals surface area contributed by atoms with Gasteiger partial charge < -0.3 is 14.8 Å². The molecule has 0 saturated carbocycles. The Kier molecular flexibility index (Phi) is 8.44. The third-order valence-electron chi connectivity index (χ3n) is 4.90. The number of carbonyl (C=O) groups excluding carboxylic acids is 1. The number of methoxy groups -OCH3 is 1. The second kappa shape index (κ2) is 11.3. The molecule has 0 saturated heterocycles. The second-order valence-corrected chi connectivity index (χ2v) is 8.79. The molecule has 0 aliphatic heterocycles. The van der Waals surface area contributed by atoms with Crippen molar-refractivity contribution in [2.24, 2.45) is 0 Å². The second-order valence-electron chi connectivity index (χ2n) is 7.48. The van der Waals surface area contributed by atoms with Gasteiger partial charge in [-0.3, -0.25) is 9.36 Å². The number of nitrogens with one attached hydrogen (secondary N) is 1. The number of anilines is 1. The third-order valence-corrected chi connectivity index (χ3v) is 5.98. The molecule has 1 amide bonds. The zero-order valence-corrected chi connectivity index (χ0v) is 20.2. The first kappa shape index (κ1) is 26.1. The highest BCUT2D eigenvalue weighted by Crippen LogP contribution is 2.33. The lowest BCUT2D eigenvalue weighted by atomic mass is 10.2. The fourth-order valence-corrected chi connectivity index (χ4v) is 4.04. The van der Waals surface area contributed by atoms with Gasteiger partial charge in [-0.2, -0.15) is 13.2 Å². The Hall–Kier alpha value is -3.47. The minimum atomic E-state index is -4.50. The van der Waals surface area contributed by atoms with Crippen LogP contribution in [0.2, 0.25) is 0 Å². The highest BCUT2D eigenvalue weighted by molar-refractivity contribution is 8.00. The largest absolute Gasteiger partial charge is 0.493 e. The van der Waals surface area contributed by atoms with Crippen LogP contribution in [0.25, 0.3) is 0 Å². The lowest BCUT2D eigenvalue weighted by Crippen LogP contribution is -2.23. The summed E-state index contributed by atoms with van der Waals surface area (Å²) in [6.45, 7) is 7.58. The summed E-state index contributed by atoms with van der Waals surface area (Å²) in [4.78, 5) is 12.7. The Balaban J connectivity index is 1.74. The van der Waals surface area contributed by atoms with Gasteiger partial charge in [0, 0.05) is 12.2 Å². The van der Waals surface area contributed by atoms with Gasteiger partial charge in [-0.05, 0) is 44.2 Å². The highest BCUT2D eigenvalue weighted by Gasteiger charge is 2.31. The molecule has 2 unspecified atom stereocenters. The van der Waals surface area contributed by atoms with Crippen molar-refractivity contribution in [1.82, 2.24) is 14.8 Å². The fourth-order valence-electron chi connectivity index (χ4n) is 3.18. The van der Waals surface area contributed by atoms with E-state index in [1.807, 2.05) is 19.1 Å². The molecule has 1 aromatic heterocycles. The van der Waals surface area contributed by atoms with Crippen LogP contribution >= 0.6 is 11.8 Å². The summed E-state index contributed by atoms with van der Waals surface area (Å²) in [6.07, 6.45) is -3.33. The number of aromatic nitrogens is 3. The number of rotatable bonds is 10. The number of halogens is 3. The molecule has 3 rings (SSSR count). The van der Waals surface area contributed by atoms with Crippen molar-refractivity contribution in [3.63, 3.8) is 0 Å². The van der Waals surface area contributed by atoms with E-state index < -0.39 is 29.0 Å². The van der Waals surface area contributed by atoms with E-state index >= 15 is 0 Å². The molecule has 2 atom stereocenters. The van der Waals surface area contributed by atoms with E-state index in [1.165, 1.54) is 12.1 Å². The lowest BCUT2D eigenvalue weighted by Gasteiger charge is -2.18. The first-order valence-corrected chi connectivity index (χ1v) is 11.5. The Morgan fingerprint density at radius 2 is 1.89 bits per heavy atom. The molecular weight excluding hydrogens is 481 g/mol. The van der Waals surface area contributed by atoms with Crippen molar-refractivity contribution >= 4 is 23.4 Å². The monoisotopic (exact) mass is 506 g/mol. The Morgan fingerprint density at radius 1 is 1.17 bits per heavy atom. The number of carbonyl (C=O) groups is 1. The van der Waals surface area contributed by atoms with Gasteiger partial charge in [0.25, 0.3) is 0 Å². The topological polar surface area (TPSA) is 78.3 Å². The molecule has 11 heteroatoms. The van der Waals surface area contributed by atoms with Crippen LogP contribution in [0.4, 0.5) is 18.9 Å². The molecule has 0 spiro atoms. The number of benzene rings is 2. The van der Waals surface area contributed by atoms with Crippen LogP contribution in [0, 0.1) is 0 Å². The lowest BCUT2D eigenvalue weighted by molar-refractivity contribution is -0.137. The average molecular weight is 507 g/mol. The standard InChI is InChI=1S/C24H25F3N4O3S/c1-5-13-31-21(15(2)34-20-12-7-6-11-19(20)33-4)29-30-23(31)35-16(3)22(32)28-18-10-8-9-17(14-18)24(25,26)27/h5-12,14-16H,1,13H2,2-4H3,(H,28,32). The molecule has 0 aliphatic rings. The zero-order chi connectivity index (χ0) is 25.6. The van der Waals surface area contributed by atoms with E-state index in [0.29, 0.717) is 29.0 Å². The van der Waals surface area contributed by atoms with Gasteiger partial charge in [0.05, 0.1) is 17.9 Å². The van der Waals surface area contributed by atoms with E-state index in [-0.39, 0.29) is 5.69 Å². The number of hydrogen-bond donors (Lipinski definition) is 1. The molecule has 0 bridgehead atoms. The fraction of sp³-hybridized carbons (Fsp3) is 0.292. The number of ether oxygens (including phenoxy) is 2. The molecule has 1 N–H and O–H groups in total. The molecular formula is C24H25F3N4O3S. The van der Waals surface area contributed by atoms with Gasteiger partial charge in [0.2, 0.25) is 5.91 Å². The van der Waals surface area contributed by atoms with Crippen LogP contribution in [0.5, 0.6) is 11.5 Å². The Morgan fingerprint density at radius 3 is 2.54 bits per heavy atom. The number of alkyl halides is 3. The maximum atomic E-state index is 13.0. The Bertz CT molecular complexity index is 1180. The van der Waals surface area contributed by atoms with Crippen molar-refractivity contribution in [2.75, 3.05) is 12.4 Å². The molecule has 186 valence electrons. The van der Waals surface area contributed by atoms with E-state index in [0.717, 1.165) is 23.9 Å². The number of nitrogens with zero attached hydrogens (tertiary/aromatic N) is 3. The first-order chi connectivity index (χ1) is 16.6. The number of para-hydroxylation sites is 2. The van der Waals surface area contributed by atoms with E-state index in [1.54, 1.807) is 36.8 Å². The van der Waals surface area contributed by atoms with Crippen molar-refractivity contribution in [1.29, 1.82) is 0 Å². The predicted molar refractivity (Wildman–Crippen MR) is 128 cm³/mol. The van der Waals surface area contributed by atoms with Crippen LogP contribution in [0.1, 0.15) is 31.3 Å². The first-order valence-electron chi connectivity index (χ1n) is 10.6. The summed E-state index contributed by atoms with van der Waals surface area (Å²) in [5.74, 6) is 1.16. The number of thioether (sulfide) groups is 1. The van der Waals surface area contributed by atoms with E-state index in [2.05, 4.69) is 22.1 Å². The maximum absolute atomic E-state index is 13.0. The van der Waals surface area contributed by atoms with E-state index in [9.17, 15) is 18.0 Å². The SMILES string of the molecule is C=CCn1c(SC(C)C(=O)Nc2cccc(C(F)(F)F)c2)nnc1C(C)Oc1ccccc1OC. The predicted octanol–water partition coefficient (Wildman–Crippen LogP) is 5.75. The third kappa shape index (κ3) is 6.56. The minimum Gasteiger partial charge on any atom is -0.493 e. The molecule has 7 nitrogen and oxygen atoms in total. The van der Waals surface area contributed by atoms with Crippen LogP contribution in [-0.2, 0) is 17.5 Å². The van der Waals surface area contributed by atoms with Crippen LogP contribution in [-0.4, -0.2) is 33.0 Å². The summed E-state index contributed by atoms with van der Waals surface area (Å²) < 4.78 is 52.0. The van der Waals surface area contributed by atoms with Crippen molar-refractivity contribution in [3.05, 3.63) is 72.6 Å². The van der Waals surface area contributed by atoms with Gasteiger partial charge >= 0.3 is 6.18 Å². The molecule has 35 heavy (non-hydrogen) atoms. The highest BCUT2D eigenvalue weighted by atomic mass is 32.2. The van der Waals surface area contributed by atoms with Gasteiger partial charge in [-0.25, -0.2) is 0 Å². The summed E-state index contributed by atoms with van der Waals surface area (Å²) in [6, 6.07) is 11.7. The molecule has 0 aliphatic carbocycles. The van der Waals surface area contributed by atoms with Crippen molar-refractivity contribution in [3.8, 4) is 11.5 Å². The average Bonchev–Trinajstić information content (AvgIpc) is 3.21. The van der Waals surface area contributed by atoms with Gasteiger partial charge in [-0.1, -0.05) is 36.0 Å². The van der Waals surface area contributed by atoms with Crippen molar-refractivity contribution in [2.45, 2.75) is 43.1 Å². The normalized spacial score (nSPS) is 13.1. The number of allylic oxidation sites excluding steroid dienone is 1. The van der Waals surface area contributed by atoms with Crippen molar-refractivity contribution < 1.29 is 27.4 Å². The molecule has 0 fully saturated rings. The number of hydrogen-bond acceptors (Lipinski definition) is 6. The quantitative estimate of drug-likeness (QED) is 0.279.